The number of pyridine rings is 1. The molecule has 0 atom stereocenters. The number of nitrogens with zero attached hydrogens (tertiary/aromatic N) is 5. The largest absolute Gasteiger partial charge is 0.388 e. The van der Waals surface area contributed by atoms with Crippen LogP contribution in [0.1, 0.15) is 18.3 Å². The molecule has 8 nitrogen and oxygen atoms in total. The predicted molar refractivity (Wildman–Crippen MR) is 122 cm³/mol. The maximum atomic E-state index is 13.5. The van der Waals surface area contributed by atoms with Gasteiger partial charge in [0, 0.05) is 26.0 Å². The van der Waals surface area contributed by atoms with Crippen molar-refractivity contribution in [3.05, 3.63) is 80.8 Å². The van der Waals surface area contributed by atoms with Crippen LogP contribution in [0.3, 0.4) is 0 Å². The van der Waals surface area contributed by atoms with Crippen LogP contribution in [-0.4, -0.2) is 38.1 Å². The molecule has 0 aliphatic carbocycles. The number of rotatable bonds is 5. The van der Waals surface area contributed by atoms with E-state index in [9.17, 15) is 14.7 Å². The molecule has 0 aliphatic heterocycles. The average Bonchev–Trinajstić information content (AvgIpc) is 3.09. The SMILES string of the molecule is CCn1c(CO)nn(-c2ccc3c(=O)n(-c4ccccc4C)c(N(C)C)cc3c2)c1=O. The number of aromatic nitrogens is 4. The molecule has 0 radical (unpaired) electrons. The molecule has 1 N–H and O–H groups in total. The first-order valence-electron chi connectivity index (χ1n) is 10.1. The smallest absolute Gasteiger partial charge is 0.350 e. The fourth-order valence-corrected chi connectivity index (χ4v) is 3.84. The monoisotopic (exact) mass is 419 g/mol. The second kappa shape index (κ2) is 7.88. The van der Waals surface area contributed by atoms with Crippen LogP contribution in [0, 0.1) is 6.92 Å². The Kier molecular flexibility index (Phi) is 5.24. The van der Waals surface area contributed by atoms with Crippen LogP contribution in [0.4, 0.5) is 5.82 Å². The van der Waals surface area contributed by atoms with E-state index >= 15 is 0 Å². The molecule has 0 spiro atoms. The highest BCUT2D eigenvalue weighted by molar-refractivity contribution is 5.86. The molecule has 0 bridgehead atoms. The van der Waals surface area contributed by atoms with Crippen molar-refractivity contribution in [1.82, 2.24) is 18.9 Å². The van der Waals surface area contributed by atoms with Gasteiger partial charge in [-0.05, 0) is 55.1 Å². The Labute approximate surface area is 179 Å². The second-order valence-corrected chi connectivity index (χ2v) is 7.61. The molecule has 0 aliphatic rings. The molecule has 0 amide bonds. The Balaban J connectivity index is 1.99. The van der Waals surface area contributed by atoms with Crippen molar-refractivity contribution in [2.45, 2.75) is 27.0 Å². The number of aryl methyl sites for hydroxylation is 1. The first kappa shape index (κ1) is 20.6. The molecule has 0 saturated carbocycles. The third kappa shape index (κ3) is 3.34. The van der Waals surface area contributed by atoms with Gasteiger partial charge in [0.2, 0.25) is 0 Å². The van der Waals surface area contributed by atoms with E-state index in [1.165, 1.54) is 9.25 Å². The van der Waals surface area contributed by atoms with E-state index < -0.39 is 0 Å². The van der Waals surface area contributed by atoms with E-state index in [0.717, 1.165) is 17.1 Å². The second-order valence-electron chi connectivity index (χ2n) is 7.61. The lowest BCUT2D eigenvalue weighted by molar-refractivity contribution is 0.264. The number of benzene rings is 2. The summed E-state index contributed by atoms with van der Waals surface area (Å²) in [6.07, 6.45) is 0. The fraction of sp³-hybridized carbons (Fsp3) is 0.261. The van der Waals surface area contributed by atoms with Crippen LogP contribution < -0.4 is 16.1 Å². The Hall–Kier alpha value is -3.65. The molecule has 4 rings (SSSR count). The Bertz CT molecular complexity index is 1390. The quantitative estimate of drug-likeness (QED) is 0.536. The highest BCUT2D eigenvalue weighted by Gasteiger charge is 2.17. The van der Waals surface area contributed by atoms with Gasteiger partial charge in [-0.25, -0.2) is 4.79 Å². The third-order valence-electron chi connectivity index (χ3n) is 5.44. The summed E-state index contributed by atoms with van der Waals surface area (Å²) < 4.78 is 4.39. The van der Waals surface area contributed by atoms with Gasteiger partial charge in [-0.3, -0.25) is 13.9 Å². The third-order valence-corrected chi connectivity index (χ3v) is 5.44. The van der Waals surface area contributed by atoms with Gasteiger partial charge in [-0.1, -0.05) is 18.2 Å². The lowest BCUT2D eigenvalue weighted by Crippen LogP contribution is -2.26. The van der Waals surface area contributed by atoms with Crippen LogP contribution in [-0.2, 0) is 13.2 Å². The van der Waals surface area contributed by atoms with Crippen molar-refractivity contribution < 1.29 is 5.11 Å². The van der Waals surface area contributed by atoms with E-state index in [0.29, 0.717) is 28.8 Å². The van der Waals surface area contributed by atoms with Crippen LogP contribution in [0.5, 0.6) is 0 Å². The van der Waals surface area contributed by atoms with Gasteiger partial charge >= 0.3 is 5.69 Å². The van der Waals surface area contributed by atoms with Crippen molar-refractivity contribution in [3.63, 3.8) is 0 Å². The normalized spacial score (nSPS) is 11.3. The summed E-state index contributed by atoms with van der Waals surface area (Å²) in [5, 5.41) is 15.0. The number of para-hydroxylation sites is 1. The maximum Gasteiger partial charge on any atom is 0.350 e. The molecule has 2 aromatic carbocycles. The number of aliphatic hydroxyl groups excluding tert-OH is 1. The molecule has 0 unspecified atom stereocenters. The van der Waals surface area contributed by atoms with Gasteiger partial charge in [-0.2, -0.15) is 4.68 Å². The van der Waals surface area contributed by atoms with E-state index in [1.807, 2.05) is 63.2 Å². The average molecular weight is 419 g/mol. The molecular weight excluding hydrogens is 394 g/mol. The highest BCUT2D eigenvalue weighted by Crippen LogP contribution is 2.24. The van der Waals surface area contributed by atoms with Crippen molar-refractivity contribution in [1.29, 1.82) is 0 Å². The molecule has 8 heteroatoms. The zero-order valence-electron chi connectivity index (χ0n) is 18.0. The minimum absolute atomic E-state index is 0.135. The van der Waals surface area contributed by atoms with E-state index in [-0.39, 0.29) is 17.9 Å². The van der Waals surface area contributed by atoms with Crippen LogP contribution >= 0.6 is 0 Å². The minimum atomic E-state index is -0.327. The summed E-state index contributed by atoms with van der Waals surface area (Å²) in [6.45, 7) is 3.89. The summed E-state index contributed by atoms with van der Waals surface area (Å²) in [5.41, 5.74) is 1.90. The molecule has 2 aromatic heterocycles. The summed E-state index contributed by atoms with van der Waals surface area (Å²) in [7, 11) is 3.78. The molecule has 160 valence electrons. The Morgan fingerprint density at radius 2 is 1.81 bits per heavy atom. The van der Waals surface area contributed by atoms with Crippen LogP contribution in [0.15, 0.2) is 58.1 Å². The number of fused-ring (bicyclic) bond motifs is 1. The van der Waals surface area contributed by atoms with E-state index in [2.05, 4.69) is 5.10 Å². The zero-order chi connectivity index (χ0) is 22.3. The maximum absolute atomic E-state index is 13.5. The zero-order valence-corrected chi connectivity index (χ0v) is 18.0. The topological polar surface area (TPSA) is 85.3 Å². The fourth-order valence-electron chi connectivity index (χ4n) is 3.84. The van der Waals surface area contributed by atoms with Gasteiger partial charge in [-0.15, -0.1) is 5.10 Å². The number of aliphatic hydroxyl groups is 1. The first-order valence-corrected chi connectivity index (χ1v) is 10.1. The highest BCUT2D eigenvalue weighted by atomic mass is 16.3. The summed E-state index contributed by atoms with van der Waals surface area (Å²) in [5.74, 6) is 1.03. The Morgan fingerprint density at radius 3 is 2.42 bits per heavy atom. The van der Waals surface area contributed by atoms with Gasteiger partial charge in [0.25, 0.3) is 5.56 Å². The number of hydrogen-bond acceptors (Lipinski definition) is 5. The number of hydrogen-bond donors (Lipinski definition) is 1. The molecule has 31 heavy (non-hydrogen) atoms. The number of anilines is 1. The minimum Gasteiger partial charge on any atom is -0.388 e. The van der Waals surface area contributed by atoms with Crippen molar-refractivity contribution in [3.8, 4) is 11.4 Å². The lowest BCUT2D eigenvalue weighted by Gasteiger charge is -2.21. The molecule has 0 saturated heterocycles. The van der Waals surface area contributed by atoms with Gasteiger partial charge in [0.05, 0.1) is 11.4 Å². The lowest BCUT2D eigenvalue weighted by atomic mass is 10.1. The molecule has 4 aromatic rings. The summed E-state index contributed by atoms with van der Waals surface area (Å²) >= 11 is 0. The first-order chi connectivity index (χ1) is 14.9. The van der Waals surface area contributed by atoms with E-state index in [4.69, 9.17) is 0 Å². The molecular formula is C23H25N5O3. The molecule has 0 fully saturated rings. The summed E-state index contributed by atoms with van der Waals surface area (Å²) in [6, 6.07) is 14.9. The molecule has 2 heterocycles. The van der Waals surface area contributed by atoms with Crippen LogP contribution in [0.2, 0.25) is 0 Å². The standard InChI is InChI=1S/C23H25N5O3/c1-5-26-20(14-29)24-28(23(26)31)17-10-11-18-16(12-17)13-21(25(3)4)27(22(18)30)19-9-7-6-8-15(19)2/h6-13,29H,5,14H2,1-4H3. The van der Waals surface area contributed by atoms with Gasteiger partial charge in [0.15, 0.2) is 5.82 Å². The van der Waals surface area contributed by atoms with Crippen molar-refractivity contribution in [2.75, 3.05) is 19.0 Å². The van der Waals surface area contributed by atoms with E-state index in [1.54, 1.807) is 22.8 Å². The van der Waals surface area contributed by atoms with Gasteiger partial charge in [0.1, 0.15) is 12.4 Å². The van der Waals surface area contributed by atoms with Crippen molar-refractivity contribution in [2.24, 2.45) is 0 Å². The van der Waals surface area contributed by atoms with Gasteiger partial charge < -0.3 is 10.0 Å². The Morgan fingerprint density at radius 1 is 1.06 bits per heavy atom. The predicted octanol–water partition coefficient (Wildman–Crippen LogP) is 2.22. The summed E-state index contributed by atoms with van der Waals surface area (Å²) in [4.78, 5) is 28.1. The van der Waals surface area contributed by atoms with Crippen LogP contribution in [0.25, 0.3) is 22.1 Å². The van der Waals surface area contributed by atoms with Crippen molar-refractivity contribution >= 4 is 16.6 Å².